The molecule has 34 heavy (non-hydrogen) atoms. The van der Waals surface area contributed by atoms with Crippen molar-refractivity contribution in [3.63, 3.8) is 0 Å². The first-order chi connectivity index (χ1) is 16.1. The number of imidazole rings is 1. The number of pyridine rings is 1. The van der Waals surface area contributed by atoms with Crippen LogP contribution in [0.25, 0.3) is 5.65 Å². The Morgan fingerprint density at radius 1 is 1.24 bits per heavy atom. The van der Waals surface area contributed by atoms with Gasteiger partial charge in [-0.15, -0.1) is 11.3 Å². The van der Waals surface area contributed by atoms with Crippen LogP contribution >= 0.6 is 38.9 Å². The maximum Gasteiger partial charge on any atom is 0.420 e. The minimum absolute atomic E-state index is 0.110. The zero-order valence-electron chi connectivity index (χ0n) is 18.8. The molecule has 11 heteroatoms. The van der Waals surface area contributed by atoms with Crippen LogP contribution < -0.4 is 5.32 Å². The monoisotopic (exact) mass is 581 g/mol. The van der Waals surface area contributed by atoms with E-state index in [0.717, 1.165) is 17.0 Å². The number of nitrogens with zero attached hydrogens (tertiary/aromatic N) is 2. The molecule has 3 heterocycles. The summed E-state index contributed by atoms with van der Waals surface area (Å²) < 4.78 is 39.3. The number of thiophene rings is 1. The average molecular weight is 583 g/mol. The third-order valence-electron chi connectivity index (χ3n) is 4.97. The van der Waals surface area contributed by atoms with Gasteiger partial charge in [0.15, 0.2) is 11.3 Å². The SMILES string of the molecule is CCCCCCCCCNCc1cccs1.O=C(O)c1nc2c(C(F)(F)F)cc(Br)cn2c1Cl. The Hall–Kier alpha value is -1.62. The molecule has 5 nitrogen and oxygen atoms in total. The van der Waals surface area contributed by atoms with Crippen molar-refractivity contribution in [1.82, 2.24) is 14.7 Å². The predicted octanol–water partition coefficient (Wildman–Crippen LogP) is 8.06. The summed E-state index contributed by atoms with van der Waals surface area (Å²) in [5, 5.41) is 14.0. The lowest BCUT2D eigenvalue weighted by Gasteiger charge is -2.08. The number of carboxylic acids is 1. The summed E-state index contributed by atoms with van der Waals surface area (Å²) >= 11 is 10.4. The van der Waals surface area contributed by atoms with Gasteiger partial charge < -0.3 is 10.4 Å². The molecule has 0 atom stereocenters. The van der Waals surface area contributed by atoms with Crippen molar-refractivity contribution in [2.75, 3.05) is 6.54 Å². The number of rotatable bonds is 11. The molecule has 188 valence electrons. The van der Waals surface area contributed by atoms with E-state index >= 15 is 0 Å². The first-order valence-electron chi connectivity index (χ1n) is 11.1. The number of carboxylic acid groups (broad SMARTS) is 1. The number of carbonyl (C=O) groups is 1. The lowest BCUT2D eigenvalue weighted by molar-refractivity contribution is -0.136. The van der Waals surface area contributed by atoms with Crippen molar-refractivity contribution >= 4 is 50.5 Å². The standard InChI is InChI=1S/C14H25NS.C9H3BrClF3N2O2/c1-2-3-4-5-6-7-8-11-15-13-14-10-9-12-16-14;10-3-1-4(9(12,13)14)7-15-5(8(17)18)6(11)16(7)2-3/h9-10,12,15H,2-8,11,13H2,1H3;1-2H,(H,17,18). The number of alkyl halides is 3. The van der Waals surface area contributed by atoms with Crippen LogP contribution in [0.3, 0.4) is 0 Å². The fourth-order valence-electron chi connectivity index (χ4n) is 3.26. The molecule has 0 aliphatic heterocycles. The number of unbranched alkanes of at least 4 members (excludes halogenated alkanes) is 6. The Balaban J connectivity index is 0.000000242. The molecule has 0 aromatic carbocycles. The van der Waals surface area contributed by atoms with Gasteiger partial charge >= 0.3 is 12.1 Å². The van der Waals surface area contributed by atoms with Crippen molar-refractivity contribution in [3.8, 4) is 0 Å². The van der Waals surface area contributed by atoms with Crippen LogP contribution in [-0.4, -0.2) is 27.0 Å². The molecule has 3 aromatic heterocycles. The molecule has 0 fully saturated rings. The molecule has 0 radical (unpaired) electrons. The summed E-state index contributed by atoms with van der Waals surface area (Å²) in [6.07, 6.45) is 6.32. The summed E-state index contributed by atoms with van der Waals surface area (Å²) in [7, 11) is 0. The van der Waals surface area contributed by atoms with Crippen molar-refractivity contribution in [3.05, 3.63) is 55.5 Å². The number of aromatic carboxylic acids is 1. The maximum absolute atomic E-state index is 12.8. The van der Waals surface area contributed by atoms with Crippen molar-refractivity contribution in [2.45, 2.75) is 64.6 Å². The Kier molecular flexibility index (Phi) is 11.8. The molecule has 0 bridgehead atoms. The van der Waals surface area contributed by atoms with Gasteiger partial charge in [-0.1, -0.05) is 63.1 Å². The summed E-state index contributed by atoms with van der Waals surface area (Å²) in [5.74, 6) is -1.49. The van der Waals surface area contributed by atoms with E-state index in [9.17, 15) is 18.0 Å². The van der Waals surface area contributed by atoms with Crippen LogP contribution in [-0.2, 0) is 12.7 Å². The molecule has 3 aromatic rings. The first-order valence-corrected chi connectivity index (χ1v) is 13.1. The van der Waals surface area contributed by atoms with Gasteiger partial charge in [0, 0.05) is 22.1 Å². The van der Waals surface area contributed by atoms with Gasteiger partial charge in [0.2, 0.25) is 0 Å². The highest BCUT2D eigenvalue weighted by Gasteiger charge is 2.35. The highest BCUT2D eigenvalue weighted by molar-refractivity contribution is 9.10. The van der Waals surface area contributed by atoms with Crippen LogP contribution in [0.1, 0.15) is 72.8 Å². The smallest absolute Gasteiger partial charge is 0.420 e. The second-order valence-electron chi connectivity index (χ2n) is 7.70. The van der Waals surface area contributed by atoms with E-state index in [4.69, 9.17) is 16.7 Å². The fraction of sp³-hybridized carbons (Fsp3) is 0.478. The van der Waals surface area contributed by atoms with E-state index in [1.807, 2.05) is 11.3 Å². The third kappa shape index (κ3) is 8.87. The molecule has 0 aliphatic carbocycles. The highest BCUT2D eigenvalue weighted by atomic mass is 79.9. The first kappa shape index (κ1) is 28.6. The summed E-state index contributed by atoms with van der Waals surface area (Å²) in [6.45, 7) is 4.49. The minimum atomic E-state index is -4.66. The van der Waals surface area contributed by atoms with Gasteiger partial charge in [-0.2, -0.15) is 13.2 Å². The Labute approximate surface area is 214 Å². The quantitative estimate of drug-likeness (QED) is 0.225. The number of hydrogen-bond acceptors (Lipinski definition) is 4. The zero-order chi connectivity index (χ0) is 25.1. The van der Waals surface area contributed by atoms with Crippen molar-refractivity contribution in [1.29, 1.82) is 0 Å². The lowest BCUT2D eigenvalue weighted by Crippen LogP contribution is -2.13. The van der Waals surface area contributed by atoms with E-state index in [0.29, 0.717) is 0 Å². The third-order valence-corrected chi connectivity index (χ3v) is 6.64. The van der Waals surface area contributed by atoms with E-state index in [1.165, 1.54) is 62.6 Å². The van der Waals surface area contributed by atoms with Gasteiger partial charge in [0.05, 0.1) is 5.56 Å². The molecule has 0 amide bonds. The van der Waals surface area contributed by atoms with Crippen LogP contribution in [0.2, 0.25) is 5.15 Å². The van der Waals surface area contributed by atoms with Crippen LogP contribution in [0.5, 0.6) is 0 Å². The largest absolute Gasteiger partial charge is 0.476 e. The Morgan fingerprint density at radius 3 is 2.50 bits per heavy atom. The summed E-state index contributed by atoms with van der Waals surface area (Å²) in [5.41, 5.74) is -2.24. The molecule has 3 rings (SSSR count). The molecule has 0 saturated heterocycles. The van der Waals surface area contributed by atoms with Crippen LogP contribution in [0, 0.1) is 0 Å². The minimum Gasteiger partial charge on any atom is -0.476 e. The topological polar surface area (TPSA) is 66.6 Å². The summed E-state index contributed by atoms with van der Waals surface area (Å²) in [6, 6.07) is 5.13. The number of fused-ring (bicyclic) bond motifs is 1. The number of halogens is 5. The molecule has 0 aliphatic rings. The number of nitrogens with one attached hydrogen (secondary N) is 1. The molecule has 2 N–H and O–H groups in total. The fourth-order valence-corrected chi connectivity index (χ4v) is 4.62. The van der Waals surface area contributed by atoms with Gasteiger partial charge in [-0.05, 0) is 46.4 Å². The predicted molar refractivity (Wildman–Crippen MR) is 134 cm³/mol. The number of aromatic nitrogens is 2. The maximum atomic E-state index is 12.8. The Bertz CT molecular complexity index is 1040. The highest BCUT2D eigenvalue weighted by Crippen LogP contribution is 2.35. The van der Waals surface area contributed by atoms with Crippen LogP contribution in [0.15, 0.2) is 34.2 Å². The van der Waals surface area contributed by atoms with Crippen LogP contribution in [0.4, 0.5) is 13.2 Å². The van der Waals surface area contributed by atoms with Gasteiger partial charge in [-0.3, -0.25) is 4.40 Å². The zero-order valence-corrected chi connectivity index (χ0v) is 22.0. The van der Waals surface area contributed by atoms with Crippen molar-refractivity contribution < 1.29 is 23.1 Å². The molecule has 0 unspecified atom stereocenters. The van der Waals surface area contributed by atoms with E-state index in [-0.39, 0.29) is 9.63 Å². The van der Waals surface area contributed by atoms with E-state index < -0.39 is 29.1 Å². The molecule has 0 saturated carbocycles. The second kappa shape index (κ2) is 14.1. The van der Waals surface area contributed by atoms with Gasteiger partial charge in [-0.25, -0.2) is 9.78 Å². The molecule has 0 spiro atoms. The normalized spacial score (nSPS) is 11.5. The average Bonchev–Trinajstić information content (AvgIpc) is 3.40. The van der Waals surface area contributed by atoms with Crippen molar-refractivity contribution in [2.24, 2.45) is 0 Å². The molecular formula is C23H28BrClF3N3O2S. The number of hydrogen-bond donors (Lipinski definition) is 2. The molecular weight excluding hydrogens is 555 g/mol. The summed E-state index contributed by atoms with van der Waals surface area (Å²) in [4.78, 5) is 15.6. The van der Waals surface area contributed by atoms with Gasteiger partial charge in [0.25, 0.3) is 0 Å². The second-order valence-corrected chi connectivity index (χ2v) is 10.0. The van der Waals surface area contributed by atoms with E-state index in [2.05, 4.69) is 50.7 Å². The van der Waals surface area contributed by atoms with Gasteiger partial charge in [0.1, 0.15) is 5.15 Å². The lowest BCUT2D eigenvalue weighted by atomic mass is 10.1. The Morgan fingerprint density at radius 2 is 1.91 bits per heavy atom. The van der Waals surface area contributed by atoms with E-state index in [1.54, 1.807) is 0 Å².